The summed E-state index contributed by atoms with van der Waals surface area (Å²) >= 11 is 3.62. The van der Waals surface area contributed by atoms with E-state index in [9.17, 15) is 0 Å². The summed E-state index contributed by atoms with van der Waals surface area (Å²) in [6, 6.07) is 16.5. The maximum absolute atomic E-state index is 4.30. The quantitative estimate of drug-likeness (QED) is 0.754. The molecular formula is C17H16BrN3. The van der Waals surface area contributed by atoms with Crippen molar-refractivity contribution in [3.05, 3.63) is 76.5 Å². The van der Waals surface area contributed by atoms with E-state index in [0.29, 0.717) is 0 Å². The summed E-state index contributed by atoms with van der Waals surface area (Å²) in [6.45, 7) is 2.86. The Hall–Kier alpha value is -2.07. The van der Waals surface area contributed by atoms with Crippen molar-refractivity contribution in [2.75, 3.05) is 5.32 Å². The molecule has 106 valence electrons. The number of aromatic nitrogens is 2. The van der Waals surface area contributed by atoms with Crippen LogP contribution in [0.5, 0.6) is 0 Å². The zero-order valence-corrected chi connectivity index (χ0v) is 13.3. The van der Waals surface area contributed by atoms with Crippen molar-refractivity contribution in [3.63, 3.8) is 0 Å². The molecule has 1 aromatic heterocycles. The molecule has 1 N–H and O–H groups in total. The van der Waals surface area contributed by atoms with Crippen LogP contribution in [0, 0.1) is 6.92 Å². The molecule has 0 bridgehead atoms. The van der Waals surface area contributed by atoms with E-state index in [1.54, 1.807) is 6.20 Å². The molecule has 0 saturated carbocycles. The van der Waals surface area contributed by atoms with Gasteiger partial charge in [0.1, 0.15) is 0 Å². The molecule has 0 amide bonds. The smallest absolute Gasteiger partial charge is 0.0876 e. The standard InChI is InChI=1S/C17H16BrN3/c1-13-7-8-14(15(18)11-13)12-19-16-5-2-3-6-17(16)21-10-4-9-20-21/h2-11,19H,12H2,1H3. The number of benzene rings is 2. The first-order chi connectivity index (χ1) is 10.2. The van der Waals surface area contributed by atoms with Gasteiger partial charge in [-0.1, -0.05) is 40.2 Å². The molecule has 0 radical (unpaired) electrons. The van der Waals surface area contributed by atoms with Crippen LogP contribution in [0.3, 0.4) is 0 Å². The van der Waals surface area contributed by atoms with E-state index in [0.717, 1.165) is 22.4 Å². The lowest BCUT2D eigenvalue weighted by atomic mass is 10.1. The fraction of sp³-hybridized carbons (Fsp3) is 0.118. The fourth-order valence-corrected chi connectivity index (χ4v) is 2.85. The third kappa shape index (κ3) is 3.16. The maximum Gasteiger partial charge on any atom is 0.0876 e. The zero-order valence-electron chi connectivity index (χ0n) is 11.8. The van der Waals surface area contributed by atoms with Crippen LogP contribution in [-0.4, -0.2) is 9.78 Å². The third-order valence-corrected chi connectivity index (χ3v) is 4.07. The van der Waals surface area contributed by atoms with Gasteiger partial charge in [-0.3, -0.25) is 0 Å². The first-order valence-corrected chi connectivity index (χ1v) is 7.61. The van der Waals surface area contributed by atoms with Gasteiger partial charge in [-0.15, -0.1) is 0 Å². The van der Waals surface area contributed by atoms with Gasteiger partial charge in [-0.25, -0.2) is 4.68 Å². The van der Waals surface area contributed by atoms with Crippen molar-refractivity contribution in [2.45, 2.75) is 13.5 Å². The van der Waals surface area contributed by atoms with Gasteiger partial charge in [0.15, 0.2) is 0 Å². The van der Waals surface area contributed by atoms with Crippen molar-refractivity contribution in [1.29, 1.82) is 0 Å². The second-order valence-corrected chi connectivity index (χ2v) is 5.77. The van der Waals surface area contributed by atoms with Crippen molar-refractivity contribution >= 4 is 21.6 Å². The second-order valence-electron chi connectivity index (χ2n) is 4.92. The topological polar surface area (TPSA) is 29.9 Å². The Kier molecular flexibility index (Phi) is 4.06. The number of hydrogen-bond acceptors (Lipinski definition) is 2. The van der Waals surface area contributed by atoms with Gasteiger partial charge in [0.2, 0.25) is 0 Å². The minimum Gasteiger partial charge on any atom is -0.379 e. The highest BCUT2D eigenvalue weighted by Gasteiger charge is 2.05. The summed E-state index contributed by atoms with van der Waals surface area (Å²) in [4.78, 5) is 0. The normalized spacial score (nSPS) is 10.6. The van der Waals surface area contributed by atoms with E-state index >= 15 is 0 Å². The number of rotatable bonds is 4. The van der Waals surface area contributed by atoms with Gasteiger partial charge >= 0.3 is 0 Å². The zero-order chi connectivity index (χ0) is 14.7. The molecule has 0 fully saturated rings. The van der Waals surface area contributed by atoms with Crippen LogP contribution >= 0.6 is 15.9 Å². The highest BCUT2D eigenvalue weighted by atomic mass is 79.9. The number of halogens is 1. The first kappa shape index (κ1) is 13.9. The first-order valence-electron chi connectivity index (χ1n) is 6.82. The van der Waals surface area contributed by atoms with Gasteiger partial charge in [-0.05, 0) is 42.3 Å². The summed E-state index contributed by atoms with van der Waals surface area (Å²) in [5.74, 6) is 0. The molecule has 0 atom stereocenters. The van der Waals surface area contributed by atoms with Crippen LogP contribution in [-0.2, 0) is 6.54 Å². The van der Waals surface area contributed by atoms with E-state index in [2.05, 4.69) is 63.6 Å². The van der Waals surface area contributed by atoms with Crippen molar-refractivity contribution in [1.82, 2.24) is 9.78 Å². The molecule has 0 aliphatic rings. The van der Waals surface area contributed by atoms with Gasteiger partial charge in [0.05, 0.1) is 11.4 Å². The lowest BCUT2D eigenvalue weighted by Gasteiger charge is -2.13. The Bertz CT molecular complexity index is 736. The molecule has 3 rings (SSSR count). The summed E-state index contributed by atoms with van der Waals surface area (Å²) < 4.78 is 3.00. The molecule has 3 nitrogen and oxygen atoms in total. The number of hydrogen-bond donors (Lipinski definition) is 1. The molecule has 0 saturated heterocycles. The molecule has 3 aromatic rings. The predicted molar refractivity (Wildman–Crippen MR) is 89.8 cm³/mol. The van der Waals surface area contributed by atoms with E-state index in [4.69, 9.17) is 0 Å². The minimum absolute atomic E-state index is 0.763. The lowest BCUT2D eigenvalue weighted by Crippen LogP contribution is -2.05. The molecule has 0 aliphatic carbocycles. The molecular weight excluding hydrogens is 326 g/mol. The van der Waals surface area contributed by atoms with Gasteiger partial charge < -0.3 is 5.32 Å². The van der Waals surface area contributed by atoms with Crippen molar-refractivity contribution < 1.29 is 0 Å². The molecule has 0 aliphatic heterocycles. The molecule has 0 unspecified atom stereocenters. The van der Waals surface area contributed by atoms with Crippen molar-refractivity contribution in [3.8, 4) is 5.69 Å². The highest BCUT2D eigenvalue weighted by molar-refractivity contribution is 9.10. The Balaban J connectivity index is 1.83. The van der Waals surface area contributed by atoms with Gasteiger partial charge in [0.25, 0.3) is 0 Å². The Morgan fingerprint density at radius 2 is 2.00 bits per heavy atom. The van der Waals surface area contributed by atoms with Crippen LogP contribution in [0.4, 0.5) is 5.69 Å². The number of anilines is 1. The van der Waals surface area contributed by atoms with Crippen LogP contribution < -0.4 is 5.32 Å². The Morgan fingerprint density at radius 1 is 1.14 bits per heavy atom. The number of aryl methyl sites for hydroxylation is 1. The molecule has 4 heteroatoms. The van der Waals surface area contributed by atoms with Gasteiger partial charge in [-0.2, -0.15) is 5.10 Å². The Labute approximate surface area is 132 Å². The van der Waals surface area contributed by atoms with Crippen LogP contribution in [0.25, 0.3) is 5.69 Å². The number of nitrogens with zero attached hydrogens (tertiary/aromatic N) is 2. The van der Waals surface area contributed by atoms with Gasteiger partial charge in [0, 0.05) is 23.4 Å². The molecule has 21 heavy (non-hydrogen) atoms. The summed E-state index contributed by atoms with van der Waals surface area (Å²) in [6.07, 6.45) is 3.73. The summed E-state index contributed by atoms with van der Waals surface area (Å²) in [7, 11) is 0. The van der Waals surface area contributed by atoms with Crippen LogP contribution in [0.1, 0.15) is 11.1 Å². The monoisotopic (exact) mass is 341 g/mol. The van der Waals surface area contributed by atoms with E-state index < -0.39 is 0 Å². The average Bonchev–Trinajstić information content (AvgIpc) is 3.01. The average molecular weight is 342 g/mol. The second kappa shape index (κ2) is 6.14. The molecule has 1 heterocycles. The fourth-order valence-electron chi connectivity index (χ4n) is 2.22. The lowest BCUT2D eigenvalue weighted by molar-refractivity contribution is 0.879. The van der Waals surface area contributed by atoms with E-state index in [1.165, 1.54) is 11.1 Å². The molecule has 2 aromatic carbocycles. The highest BCUT2D eigenvalue weighted by Crippen LogP contribution is 2.23. The van der Waals surface area contributed by atoms with E-state index in [-0.39, 0.29) is 0 Å². The van der Waals surface area contributed by atoms with Crippen LogP contribution in [0.2, 0.25) is 0 Å². The largest absolute Gasteiger partial charge is 0.379 e. The minimum atomic E-state index is 0.763. The predicted octanol–water partition coefficient (Wildman–Crippen LogP) is 4.56. The Morgan fingerprint density at radius 3 is 2.76 bits per heavy atom. The summed E-state index contributed by atoms with van der Waals surface area (Å²) in [5, 5.41) is 7.79. The van der Waals surface area contributed by atoms with Crippen molar-refractivity contribution in [2.24, 2.45) is 0 Å². The molecule has 0 spiro atoms. The maximum atomic E-state index is 4.30. The number of para-hydroxylation sites is 2. The van der Waals surface area contributed by atoms with Crippen LogP contribution in [0.15, 0.2) is 65.4 Å². The number of nitrogens with one attached hydrogen (secondary N) is 1. The SMILES string of the molecule is Cc1ccc(CNc2ccccc2-n2cccn2)c(Br)c1. The van der Waals surface area contributed by atoms with E-state index in [1.807, 2.05) is 29.1 Å². The summed E-state index contributed by atoms with van der Waals surface area (Å²) in [5.41, 5.74) is 4.60. The third-order valence-electron chi connectivity index (χ3n) is 3.33.